The summed E-state index contributed by atoms with van der Waals surface area (Å²) in [5, 5.41) is 8.76. The lowest BCUT2D eigenvalue weighted by Gasteiger charge is -2.18. The number of aliphatic carboxylic acids is 1. The number of carbonyl (C=O) groups excluding carboxylic acids is 1. The van der Waals surface area contributed by atoms with Gasteiger partial charge >= 0.3 is 11.9 Å². The molecule has 2 fully saturated rings. The van der Waals surface area contributed by atoms with Gasteiger partial charge in [-0.05, 0) is 13.8 Å². The molecular formula is C8H10O6. The van der Waals surface area contributed by atoms with Gasteiger partial charge in [0, 0.05) is 0 Å². The van der Waals surface area contributed by atoms with E-state index in [1.54, 1.807) is 13.8 Å². The number of fused-ring (bicyclic) bond motifs is 1. The molecule has 0 bridgehead atoms. The zero-order valence-corrected chi connectivity index (χ0v) is 7.72. The van der Waals surface area contributed by atoms with Gasteiger partial charge in [-0.1, -0.05) is 0 Å². The van der Waals surface area contributed by atoms with E-state index in [0.29, 0.717) is 0 Å². The Morgan fingerprint density at radius 1 is 1.43 bits per heavy atom. The molecule has 2 aliphatic rings. The fourth-order valence-electron chi connectivity index (χ4n) is 1.64. The Bertz CT molecular complexity index is 296. The van der Waals surface area contributed by atoms with Crippen molar-refractivity contribution in [3.05, 3.63) is 0 Å². The van der Waals surface area contributed by atoms with E-state index in [1.807, 2.05) is 0 Å². The molecule has 0 amide bonds. The summed E-state index contributed by atoms with van der Waals surface area (Å²) < 4.78 is 15.2. The maximum atomic E-state index is 11.1. The van der Waals surface area contributed by atoms with Crippen molar-refractivity contribution in [3.63, 3.8) is 0 Å². The predicted octanol–water partition coefficient (Wildman–Crippen LogP) is -0.278. The molecule has 2 rings (SSSR count). The minimum Gasteiger partial charge on any atom is -0.481 e. The Balaban J connectivity index is 2.22. The highest BCUT2D eigenvalue weighted by molar-refractivity contribution is 5.96. The first-order valence-corrected chi connectivity index (χ1v) is 4.20. The summed E-state index contributed by atoms with van der Waals surface area (Å²) >= 11 is 0. The van der Waals surface area contributed by atoms with Gasteiger partial charge in [-0.15, -0.1) is 0 Å². The van der Waals surface area contributed by atoms with E-state index in [0.717, 1.165) is 0 Å². The summed E-state index contributed by atoms with van der Waals surface area (Å²) in [5.74, 6) is -4.22. The third kappa shape index (κ3) is 1.27. The highest BCUT2D eigenvalue weighted by atomic mass is 16.8. The van der Waals surface area contributed by atoms with E-state index in [2.05, 4.69) is 0 Å². The fourth-order valence-corrected chi connectivity index (χ4v) is 1.64. The lowest BCUT2D eigenvalue weighted by atomic mass is 10.1. The second kappa shape index (κ2) is 2.68. The molecule has 0 aromatic rings. The summed E-state index contributed by atoms with van der Waals surface area (Å²) in [4.78, 5) is 21.8. The van der Waals surface area contributed by atoms with E-state index >= 15 is 0 Å². The highest BCUT2D eigenvalue weighted by Crippen LogP contribution is 2.38. The third-order valence-electron chi connectivity index (χ3n) is 2.17. The molecule has 3 atom stereocenters. The molecule has 2 aliphatic heterocycles. The largest absolute Gasteiger partial charge is 0.481 e. The molecule has 0 aromatic carbocycles. The highest BCUT2D eigenvalue weighted by Gasteiger charge is 2.58. The van der Waals surface area contributed by atoms with Crippen molar-refractivity contribution in [2.75, 3.05) is 0 Å². The van der Waals surface area contributed by atoms with Gasteiger partial charge in [0.25, 0.3) is 0 Å². The van der Waals surface area contributed by atoms with Crippen LogP contribution in [0.25, 0.3) is 0 Å². The molecule has 14 heavy (non-hydrogen) atoms. The topological polar surface area (TPSA) is 82.1 Å². The number of hydrogen-bond donors (Lipinski definition) is 1. The maximum absolute atomic E-state index is 11.1. The molecule has 0 aliphatic carbocycles. The molecule has 6 nitrogen and oxygen atoms in total. The van der Waals surface area contributed by atoms with Crippen molar-refractivity contribution in [1.82, 2.24) is 0 Å². The van der Waals surface area contributed by atoms with Crippen LogP contribution in [0.3, 0.4) is 0 Å². The molecule has 6 heteroatoms. The molecule has 0 radical (unpaired) electrons. The summed E-state index contributed by atoms with van der Waals surface area (Å²) in [6.07, 6.45) is -1.73. The molecule has 0 unspecified atom stereocenters. The minimum atomic E-state index is -1.28. The van der Waals surface area contributed by atoms with Crippen LogP contribution in [0.1, 0.15) is 13.8 Å². The molecule has 2 heterocycles. The number of hydrogen-bond acceptors (Lipinski definition) is 5. The van der Waals surface area contributed by atoms with Crippen molar-refractivity contribution in [2.45, 2.75) is 32.0 Å². The number of ether oxygens (including phenoxy) is 3. The van der Waals surface area contributed by atoms with E-state index in [9.17, 15) is 9.59 Å². The van der Waals surface area contributed by atoms with Crippen molar-refractivity contribution < 1.29 is 28.9 Å². The van der Waals surface area contributed by atoms with E-state index in [4.69, 9.17) is 19.3 Å². The number of carboxylic acid groups (broad SMARTS) is 1. The zero-order valence-electron chi connectivity index (χ0n) is 7.72. The van der Waals surface area contributed by atoms with E-state index < -0.39 is 36.0 Å². The van der Waals surface area contributed by atoms with Gasteiger partial charge < -0.3 is 19.3 Å². The molecular weight excluding hydrogens is 192 g/mol. The number of carbonyl (C=O) groups is 2. The first-order valence-electron chi connectivity index (χ1n) is 4.20. The van der Waals surface area contributed by atoms with Gasteiger partial charge in [-0.3, -0.25) is 9.59 Å². The number of esters is 1. The quantitative estimate of drug-likeness (QED) is 0.465. The average Bonchev–Trinajstić information content (AvgIpc) is 2.37. The lowest BCUT2D eigenvalue weighted by molar-refractivity contribution is -0.202. The van der Waals surface area contributed by atoms with Crippen LogP contribution in [-0.2, 0) is 23.8 Å². The Kier molecular flexibility index (Phi) is 1.80. The monoisotopic (exact) mass is 202 g/mol. The number of carboxylic acids is 1. The SMILES string of the molecule is CC1(C)O[C@H]2OC(=O)[C@@H](C(=O)O)[C@H]2O1. The smallest absolute Gasteiger partial charge is 0.325 e. The van der Waals surface area contributed by atoms with Gasteiger partial charge in [0.15, 0.2) is 11.7 Å². The van der Waals surface area contributed by atoms with Crippen molar-refractivity contribution in [3.8, 4) is 0 Å². The molecule has 0 saturated carbocycles. The Morgan fingerprint density at radius 2 is 2.07 bits per heavy atom. The summed E-state index contributed by atoms with van der Waals surface area (Å²) in [6.45, 7) is 3.27. The van der Waals surface area contributed by atoms with Gasteiger partial charge in [-0.25, -0.2) is 0 Å². The average molecular weight is 202 g/mol. The van der Waals surface area contributed by atoms with E-state index in [-0.39, 0.29) is 0 Å². The Morgan fingerprint density at radius 3 is 2.64 bits per heavy atom. The van der Waals surface area contributed by atoms with Gasteiger partial charge in [0.05, 0.1) is 0 Å². The first-order chi connectivity index (χ1) is 6.41. The zero-order chi connectivity index (χ0) is 10.5. The van der Waals surface area contributed by atoms with Crippen molar-refractivity contribution in [2.24, 2.45) is 5.92 Å². The second-order valence-electron chi connectivity index (χ2n) is 3.72. The van der Waals surface area contributed by atoms with Crippen molar-refractivity contribution >= 4 is 11.9 Å². The Labute approximate surface area is 79.7 Å². The lowest BCUT2D eigenvalue weighted by Crippen LogP contribution is -2.33. The molecule has 78 valence electrons. The normalized spacial score (nSPS) is 39.3. The summed E-state index contributed by atoms with van der Waals surface area (Å²) in [7, 11) is 0. The van der Waals surface area contributed by atoms with E-state index in [1.165, 1.54) is 0 Å². The minimum absolute atomic E-state index is 0.803. The van der Waals surface area contributed by atoms with Gasteiger partial charge in [0.1, 0.15) is 6.10 Å². The standard InChI is InChI=1S/C8H10O6/c1-8(2)13-4-3(5(9)10)6(11)12-7(4)14-8/h3-4,7H,1-2H3,(H,9,10)/t3-,4-,7-/m1/s1. The van der Waals surface area contributed by atoms with Crippen molar-refractivity contribution in [1.29, 1.82) is 0 Å². The van der Waals surface area contributed by atoms with Crippen LogP contribution in [0, 0.1) is 5.92 Å². The number of rotatable bonds is 1. The van der Waals surface area contributed by atoms with Crippen LogP contribution in [0.15, 0.2) is 0 Å². The predicted molar refractivity (Wildman–Crippen MR) is 41.0 cm³/mol. The maximum Gasteiger partial charge on any atom is 0.325 e. The fraction of sp³-hybridized carbons (Fsp3) is 0.750. The first kappa shape index (κ1) is 9.42. The molecule has 2 saturated heterocycles. The van der Waals surface area contributed by atoms with Crippen LogP contribution in [0.2, 0.25) is 0 Å². The van der Waals surface area contributed by atoms with Gasteiger partial charge in [0.2, 0.25) is 6.29 Å². The Hall–Kier alpha value is -1.14. The molecule has 0 aromatic heterocycles. The van der Waals surface area contributed by atoms with Crippen LogP contribution in [0.4, 0.5) is 0 Å². The summed E-state index contributed by atoms with van der Waals surface area (Å²) in [5.41, 5.74) is 0. The van der Waals surface area contributed by atoms with Crippen LogP contribution >= 0.6 is 0 Å². The molecule has 1 N–H and O–H groups in total. The van der Waals surface area contributed by atoms with Crippen LogP contribution < -0.4 is 0 Å². The second-order valence-corrected chi connectivity index (χ2v) is 3.72. The summed E-state index contributed by atoms with van der Waals surface area (Å²) in [6, 6.07) is 0. The third-order valence-corrected chi connectivity index (χ3v) is 2.17. The van der Waals surface area contributed by atoms with Crippen LogP contribution in [0.5, 0.6) is 0 Å². The molecule has 0 spiro atoms. The van der Waals surface area contributed by atoms with Gasteiger partial charge in [-0.2, -0.15) is 0 Å². The van der Waals surface area contributed by atoms with Crippen LogP contribution in [-0.4, -0.2) is 35.2 Å².